The van der Waals surface area contributed by atoms with E-state index >= 15 is 0 Å². The lowest BCUT2D eigenvalue weighted by molar-refractivity contribution is -0.359. The first-order valence-corrected chi connectivity index (χ1v) is 25.7. The molecular weight excluding hydrogens is 835 g/mol. The molecule has 0 aromatic rings. The molecule has 0 aromatic heterocycles. The Morgan fingerprint density at radius 3 is 1.55 bits per heavy atom. The Kier molecular flexibility index (Phi) is 34.8. The average Bonchev–Trinajstić information content (AvgIpc) is 3.30. The third kappa shape index (κ3) is 25.4. The maximum atomic E-state index is 13.2. The fraction of sp³-hybridized carbons (Fsp3) is 0.863. The second kappa shape index (κ2) is 38.1. The molecule has 12 atom stereocenters. The fourth-order valence-electron chi connectivity index (χ4n) is 8.36. The van der Waals surface area contributed by atoms with Crippen molar-refractivity contribution in [3.8, 4) is 0 Å². The predicted molar refractivity (Wildman–Crippen MR) is 254 cm³/mol. The molecule has 65 heavy (non-hydrogen) atoms. The van der Waals surface area contributed by atoms with E-state index in [1.807, 2.05) is 0 Å². The van der Waals surface area contributed by atoms with Gasteiger partial charge in [-0.1, -0.05) is 166 Å². The maximum absolute atomic E-state index is 13.2. The molecule has 12 unspecified atom stereocenters. The Bertz CT molecular complexity index is 1230. The summed E-state index contributed by atoms with van der Waals surface area (Å²) >= 11 is 0. The minimum Gasteiger partial charge on any atom is -0.394 e. The number of rotatable bonds is 39. The van der Waals surface area contributed by atoms with Crippen molar-refractivity contribution in [3.63, 3.8) is 0 Å². The summed E-state index contributed by atoms with van der Waals surface area (Å²) in [5, 5.41) is 86.8. The van der Waals surface area contributed by atoms with Crippen LogP contribution in [0.3, 0.4) is 0 Å². The van der Waals surface area contributed by atoms with Crippen LogP contribution in [0.1, 0.15) is 187 Å². The van der Waals surface area contributed by atoms with Crippen LogP contribution in [0.4, 0.5) is 0 Å². The van der Waals surface area contributed by atoms with E-state index in [0.29, 0.717) is 12.8 Å². The summed E-state index contributed by atoms with van der Waals surface area (Å²) in [6.07, 6.45) is 25.8. The quantitative estimate of drug-likeness (QED) is 0.0231. The SMILES string of the molecule is CCCCCCC/C=C\C/C=C\C/C=C\CCCCCCCCC(=O)NC(COC1OC(CO)C(OC2OC(CO)C(O)C(O)C2O)C(O)C1O)C(O)CCCCCCCCCCCC. The molecule has 0 aromatic carbocycles. The highest BCUT2D eigenvalue weighted by atomic mass is 16.7. The molecular formula is C51H93NO13. The van der Waals surface area contributed by atoms with Gasteiger partial charge in [-0.15, -0.1) is 0 Å². The van der Waals surface area contributed by atoms with Gasteiger partial charge in [0.15, 0.2) is 12.6 Å². The second-order valence-corrected chi connectivity index (χ2v) is 18.3. The van der Waals surface area contributed by atoms with Crippen molar-refractivity contribution >= 4 is 5.91 Å². The van der Waals surface area contributed by atoms with E-state index < -0.39 is 86.8 Å². The molecule has 2 heterocycles. The number of hydrogen-bond acceptors (Lipinski definition) is 13. The third-order valence-electron chi connectivity index (χ3n) is 12.6. The normalized spacial score (nSPS) is 27.3. The van der Waals surface area contributed by atoms with Crippen LogP contribution in [-0.2, 0) is 23.7 Å². The number of aliphatic hydroxyl groups is 8. The zero-order valence-corrected chi connectivity index (χ0v) is 40.2. The monoisotopic (exact) mass is 928 g/mol. The number of unbranched alkanes of at least 4 members (excludes halogenated alkanes) is 20. The van der Waals surface area contributed by atoms with Crippen LogP contribution in [0.15, 0.2) is 36.5 Å². The molecule has 14 heteroatoms. The lowest BCUT2D eigenvalue weighted by atomic mass is 9.97. The van der Waals surface area contributed by atoms with Crippen LogP contribution >= 0.6 is 0 Å². The van der Waals surface area contributed by atoms with Gasteiger partial charge in [-0.05, 0) is 51.4 Å². The molecule has 0 bridgehead atoms. The molecule has 14 nitrogen and oxygen atoms in total. The number of ether oxygens (including phenoxy) is 4. The average molecular weight is 928 g/mol. The van der Waals surface area contributed by atoms with Crippen molar-refractivity contribution in [3.05, 3.63) is 36.5 Å². The van der Waals surface area contributed by atoms with Crippen molar-refractivity contribution in [2.45, 2.75) is 261 Å². The van der Waals surface area contributed by atoms with Gasteiger partial charge in [-0.3, -0.25) is 4.79 Å². The van der Waals surface area contributed by atoms with Gasteiger partial charge in [0.2, 0.25) is 5.91 Å². The molecule has 0 aliphatic carbocycles. The van der Waals surface area contributed by atoms with Gasteiger partial charge in [-0.2, -0.15) is 0 Å². The van der Waals surface area contributed by atoms with Crippen LogP contribution < -0.4 is 5.32 Å². The Labute approximate surface area is 391 Å². The maximum Gasteiger partial charge on any atom is 0.220 e. The largest absolute Gasteiger partial charge is 0.394 e. The first-order valence-electron chi connectivity index (χ1n) is 25.7. The number of carbonyl (C=O) groups is 1. The summed E-state index contributed by atoms with van der Waals surface area (Å²) < 4.78 is 22.7. The minimum atomic E-state index is -1.78. The van der Waals surface area contributed by atoms with E-state index in [0.717, 1.165) is 77.0 Å². The van der Waals surface area contributed by atoms with Gasteiger partial charge in [-0.25, -0.2) is 0 Å². The van der Waals surface area contributed by atoms with Gasteiger partial charge in [0.25, 0.3) is 0 Å². The van der Waals surface area contributed by atoms with E-state index in [4.69, 9.17) is 18.9 Å². The van der Waals surface area contributed by atoms with Crippen LogP contribution in [0.5, 0.6) is 0 Å². The topological polar surface area (TPSA) is 228 Å². The molecule has 2 aliphatic heterocycles. The summed E-state index contributed by atoms with van der Waals surface area (Å²) in [7, 11) is 0. The highest BCUT2D eigenvalue weighted by Crippen LogP contribution is 2.30. The van der Waals surface area contributed by atoms with Crippen molar-refractivity contribution in [1.29, 1.82) is 0 Å². The third-order valence-corrected chi connectivity index (χ3v) is 12.6. The molecule has 1 amide bonds. The second-order valence-electron chi connectivity index (χ2n) is 18.3. The number of aliphatic hydroxyl groups excluding tert-OH is 8. The Morgan fingerprint density at radius 1 is 0.554 bits per heavy atom. The van der Waals surface area contributed by atoms with E-state index in [-0.39, 0.29) is 18.9 Å². The first kappa shape index (κ1) is 59.3. The standard InChI is InChI=1S/C51H93NO13/c1-3-5-7-9-11-13-15-16-17-18-19-20-21-22-23-24-25-27-29-31-33-35-43(56)52-39(40(55)34-32-30-28-26-14-12-10-8-6-4-2)38-62-50-48(61)46(59)49(42(37-54)64-50)65-51-47(60)45(58)44(57)41(36-53)63-51/h15-16,18-19,21-22,39-42,44-51,53-55,57-61H,3-14,17,20,23-38H2,1-2H3,(H,52,56)/b16-15-,19-18-,22-21-. The van der Waals surface area contributed by atoms with Gasteiger partial charge in [0.1, 0.15) is 48.8 Å². The van der Waals surface area contributed by atoms with E-state index in [9.17, 15) is 45.6 Å². The van der Waals surface area contributed by atoms with Crippen molar-refractivity contribution < 1.29 is 64.6 Å². The fourth-order valence-corrected chi connectivity index (χ4v) is 8.36. The zero-order chi connectivity index (χ0) is 47.5. The van der Waals surface area contributed by atoms with Gasteiger partial charge in [0.05, 0.1) is 32.0 Å². The zero-order valence-electron chi connectivity index (χ0n) is 40.2. The summed E-state index contributed by atoms with van der Waals surface area (Å²) in [5.74, 6) is -0.222. The number of nitrogens with one attached hydrogen (secondary N) is 1. The van der Waals surface area contributed by atoms with E-state index in [1.54, 1.807) is 0 Å². The van der Waals surface area contributed by atoms with Gasteiger partial charge in [0, 0.05) is 6.42 Å². The van der Waals surface area contributed by atoms with Crippen molar-refractivity contribution in [2.24, 2.45) is 0 Å². The summed E-state index contributed by atoms with van der Waals surface area (Å²) in [6.45, 7) is 2.80. The number of hydrogen-bond donors (Lipinski definition) is 9. The van der Waals surface area contributed by atoms with E-state index in [1.165, 1.54) is 77.0 Å². The van der Waals surface area contributed by atoms with Crippen molar-refractivity contribution in [1.82, 2.24) is 5.32 Å². The summed E-state index contributed by atoms with van der Waals surface area (Å²) in [4.78, 5) is 13.2. The molecule has 2 rings (SSSR count). The van der Waals surface area contributed by atoms with Crippen LogP contribution in [0.2, 0.25) is 0 Å². The Hall–Kier alpha value is -1.79. The lowest BCUT2D eigenvalue weighted by Gasteiger charge is -2.46. The van der Waals surface area contributed by atoms with Crippen LogP contribution in [0.25, 0.3) is 0 Å². The molecule has 0 saturated carbocycles. The highest BCUT2D eigenvalue weighted by molar-refractivity contribution is 5.76. The van der Waals surface area contributed by atoms with Gasteiger partial charge < -0.3 is 65.1 Å². The molecule has 2 fully saturated rings. The number of allylic oxidation sites excluding steroid dienone is 6. The number of carbonyl (C=O) groups excluding carboxylic acids is 1. The molecule has 2 saturated heterocycles. The Balaban J connectivity index is 1.79. The summed E-state index contributed by atoms with van der Waals surface area (Å²) in [5.41, 5.74) is 0. The van der Waals surface area contributed by atoms with E-state index in [2.05, 4.69) is 55.6 Å². The van der Waals surface area contributed by atoms with Crippen molar-refractivity contribution in [2.75, 3.05) is 19.8 Å². The predicted octanol–water partition coefficient (Wildman–Crippen LogP) is 6.71. The molecule has 2 aliphatic rings. The first-order chi connectivity index (χ1) is 31.6. The molecule has 0 spiro atoms. The molecule has 9 N–H and O–H groups in total. The lowest BCUT2D eigenvalue weighted by Crippen LogP contribution is -2.65. The van der Waals surface area contributed by atoms with Crippen LogP contribution in [-0.4, -0.2) is 140 Å². The molecule has 380 valence electrons. The molecule has 0 radical (unpaired) electrons. The highest BCUT2D eigenvalue weighted by Gasteiger charge is 2.51. The smallest absolute Gasteiger partial charge is 0.220 e. The van der Waals surface area contributed by atoms with Gasteiger partial charge >= 0.3 is 0 Å². The minimum absolute atomic E-state index is 0.222. The van der Waals surface area contributed by atoms with Crippen LogP contribution in [0, 0.1) is 0 Å². The summed E-state index contributed by atoms with van der Waals surface area (Å²) in [6, 6.07) is -0.833. The number of amides is 1. The Morgan fingerprint density at radius 2 is 1.02 bits per heavy atom.